The van der Waals surface area contributed by atoms with Gasteiger partial charge in [0.05, 0.1) is 19.7 Å². The Morgan fingerprint density at radius 3 is 2.71 bits per heavy atom. The molecule has 1 heterocycles. The van der Waals surface area contributed by atoms with Crippen molar-refractivity contribution in [3.63, 3.8) is 0 Å². The van der Waals surface area contributed by atoms with Gasteiger partial charge < -0.3 is 20.3 Å². The molecule has 0 aromatic heterocycles. The van der Waals surface area contributed by atoms with Crippen LogP contribution in [0, 0.1) is 5.92 Å². The van der Waals surface area contributed by atoms with Gasteiger partial charge in [0.15, 0.2) is 5.96 Å². The smallest absolute Gasteiger partial charge is 0.241 e. The maximum Gasteiger partial charge on any atom is 0.241 e. The SMILES string of the molecule is CCN1CCCC1CNC(=NCc1ccccc1OCC1CC1)NCC(=O)N(C)C.I. The Morgan fingerprint density at radius 2 is 2.00 bits per heavy atom. The third-order valence-corrected chi connectivity index (χ3v) is 5.87. The van der Waals surface area contributed by atoms with Gasteiger partial charge in [0.1, 0.15) is 5.75 Å². The minimum absolute atomic E-state index is 0. The number of carbonyl (C=O) groups excluding carboxylic acids is 1. The van der Waals surface area contributed by atoms with E-state index in [0.717, 1.165) is 37.6 Å². The predicted molar refractivity (Wildman–Crippen MR) is 136 cm³/mol. The van der Waals surface area contributed by atoms with Crippen molar-refractivity contribution in [3.05, 3.63) is 29.8 Å². The minimum atomic E-state index is 0. The molecule has 2 N–H and O–H groups in total. The lowest BCUT2D eigenvalue weighted by Gasteiger charge is -2.24. The van der Waals surface area contributed by atoms with Crippen LogP contribution in [0.5, 0.6) is 5.75 Å². The first-order valence-electron chi connectivity index (χ1n) is 11.2. The fourth-order valence-electron chi connectivity index (χ4n) is 3.68. The topological polar surface area (TPSA) is 69.2 Å². The number of carbonyl (C=O) groups is 1. The van der Waals surface area contributed by atoms with Crippen LogP contribution < -0.4 is 15.4 Å². The van der Waals surface area contributed by atoms with Crippen molar-refractivity contribution in [2.75, 3.05) is 46.9 Å². The predicted octanol–water partition coefficient (Wildman–Crippen LogP) is 2.70. The van der Waals surface area contributed by atoms with Crippen molar-refractivity contribution in [2.24, 2.45) is 10.9 Å². The zero-order valence-corrected chi connectivity index (χ0v) is 21.4. The second-order valence-corrected chi connectivity index (χ2v) is 8.47. The lowest BCUT2D eigenvalue weighted by Crippen LogP contribution is -2.47. The molecule has 1 aromatic rings. The zero-order valence-electron chi connectivity index (χ0n) is 19.1. The molecule has 1 aromatic carbocycles. The van der Waals surface area contributed by atoms with E-state index in [0.29, 0.717) is 24.5 Å². The number of benzene rings is 1. The molecule has 1 unspecified atom stereocenters. The van der Waals surface area contributed by atoms with Gasteiger partial charge in [0, 0.05) is 32.2 Å². The van der Waals surface area contributed by atoms with Crippen molar-refractivity contribution in [3.8, 4) is 5.75 Å². The summed E-state index contributed by atoms with van der Waals surface area (Å²) in [5.74, 6) is 2.31. The molecule has 0 bridgehead atoms. The Kier molecular flexibility index (Phi) is 10.9. The van der Waals surface area contributed by atoms with Crippen molar-refractivity contribution >= 4 is 35.8 Å². The van der Waals surface area contributed by atoms with Gasteiger partial charge in [0.2, 0.25) is 5.91 Å². The molecule has 31 heavy (non-hydrogen) atoms. The van der Waals surface area contributed by atoms with Crippen molar-refractivity contribution in [1.82, 2.24) is 20.4 Å². The highest BCUT2D eigenvalue weighted by Crippen LogP contribution is 2.30. The molecule has 8 heteroatoms. The maximum atomic E-state index is 12.0. The van der Waals surface area contributed by atoms with Crippen LogP contribution in [0.4, 0.5) is 0 Å². The van der Waals surface area contributed by atoms with E-state index in [2.05, 4.69) is 28.5 Å². The molecule has 2 aliphatic rings. The highest BCUT2D eigenvalue weighted by atomic mass is 127. The van der Waals surface area contributed by atoms with Gasteiger partial charge in [-0.1, -0.05) is 25.1 Å². The Morgan fingerprint density at radius 1 is 1.23 bits per heavy atom. The fraction of sp³-hybridized carbons (Fsp3) is 0.652. The van der Waals surface area contributed by atoms with Gasteiger partial charge in [-0.2, -0.15) is 0 Å². The van der Waals surface area contributed by atoms with Gasteiger partial charge >= 0.3 is 0 Å². The number of rotatable bonds is 10. The summed E-state index contributed by atoms with van der Waals surface area (Å²) in [5.41, 5.74) is 1.06. The molecule has 1 atom stereocenters. The van der Waals surface area contributed by atoms with Crippen molar-refractivity contribution in [1.29, 1.82) is 0 Å². The van der Waals surface area contributed by atoms with Crippen LogP contribution in [0.1, 0.15) is 38.2 Å². The summed E-state index contributed by atoms with van der Waals surface area (Å²) in [6.07, 6.45) is 4.98. The number of guanidine groups is 1. The van der Waals surface area contributed by atoms with E-state index in [1.807, 2.05) is 18.2 Å². The van der Waals surface area contributed by atoms with E-state index in [1.54, 1.807) is 19.0 Å². The second-order valence-electron chi connectivity index (χ2n) is 8.47. The van der Waals surface area contributed by atoms with E-state index in [1.165, 1.54) is 25.7 Å². The molecule has 2 fully saturated rings. The third-order valence-electron chi connectivity index (χ3n) is 5.87. The van der Waals surface area contributed by atoms with Gasteiger partial charge in [-0.05, 0) is 50.8 Å². The number of nitrogens with one attached hydrogen (secondary N) is 2. The van der Waals surface area contributed by atoms with E-state index >= 15 is 0 Å². The number of nitrogens with zero attached hydrogens (tertiary/aromatic N) is 3. The molecule has 1 aliphatic heterocycles. The van der Waals surface area contributed by atoms with Crippen LogP contribution in [-0.2, 0) is 11.3 Å². The quantitative estimate of drug-likeness (QED) is 0.270. The fourth-order valence-corrected chi connectivity index (χ4v) is 3.68. The van der Waals surface area contributed by atoms with Gasteiger partial charge in [-0.3, -0.25) is 9.69 Å². The van der Waals surface area contributed by atoms with E-state index in [4.69, 9.17) is 9.73 Å². The number of halogens is 1. The molecule has 0 radical (unpaired) electrons. The average Bonchev–Trinajstić information content (AvgIpc) is 3.47. The number of hydrogen-bond acceptors (Lipinski definition) is 4. The molecule has 7 nitrogen and oxygen atoms in total. The maximum absolute atomic E-state index is 12.0. The summed E-state index contributed by atoms with van der Waals surface area (Å²) in [6, 6.07) is 8.61. The molecule has 1 saturated carbocycles. The largest absolute Gasteiger partial charge is 0.493 e. The molecule has 1 aliphatic carbocycles. The molecule has 174 valence electrons. The normalized spacial score (nSPS) is 18.9. The van der Waals surface area contributed by atoms with Gasteiger partial charge in [0.25, 0.3) is 0 Å². The summed E-state index contributed by atoms with van der Waals surface area (Å²) in [4.78, 5) is 20.9. The molecule has 1 saturated heterocycles. The Bertz CT molecular complexity index is 724. The zero-order chi connectivity index (χ0) is 21.3. The highest BCUT2D eigenvalue weighted by Gasteiger charge is 2.23. The van der Waals surface area contributed by atoms with Gasteiger partial charge in [-0.25, -0.2) is 4.99 Å². The summed E-state index contributed by atoms with van der Waals surface area (Å²) >= 11 is 0. The third kappa shape index (κ3) is 8.48. The highest BCUT2D eigenvalue weighted by molar-refractivity contribution is 14.0. The summed E-state index contributed by atoms with van der Waals surface area (Å²) in [6.45, 7) is 6.78. The summed E-state index contributed by atoms with van der Waals surface area (Å²) in [5, 5.41) is 6.65. The number of hydrogen-bond donors (Lipinski definition) is 2. The summed E-state index contributed by atoms with van der Waals surface area (Å²) in [7, 11) is 3.53. The first-order valence-corrected chi connectivity index (χ1v) is 11.2. The number of aliphatic imine (C=N–C) groups is 1. The Balaban J connectivity index is 0.00000341. The lowest BCUT2D eigenvalue weighted by atomic mass is 10.2. The van der Waals surface area contributed by atoms with Crippen LogP contribution in [-0.4, -0.2) is 74.6 Å². The second kappa shape index (κ2) is 13.1. The molecule has 3 rings (SSSR count). The lowest BCUT2D eigenvalue weighted by molar-refractivity contribution is -0.127. The van der Waals surface area contributed by atoms with Crippen LogP contribution in [0.3, 0.4) is 0 Å². The minimum Gasteiger partial charge on any atom is -0.493 e. The molecular formula is C23H38IN5O2. The Hall–Kier alpha value is -1.55. The standard InChI is InChI=1S/C23H37N5O2.HI/c1-4-28-13-7-9-20(28)15-25-23(26-16-22(29)27(2)3)24-14-19-8-5-6-10-21(19)30-17-18-11-12-18;/h5-6,8,10,18,20H,4,7,9,11-17H2,1-3H3,(H2,24,25,26);1H. The van der Waals surface area contributed by atoms with Crippen molar-refractivity contribution in [2.45, 2.75) is 45.2 Å². The average molecular weight is 543 g/mol. The van der Waals surface area contributed by atoms with Crippen LogP contribution >= 0.6 is 24.0 Å². The first-order chi connectivity index (χ1) is 14.6. The molecule has 0 spiro atoms. The monoisotopic (exact) mass is 543 g/mol. The Labute approximate surface area is 204 Å². The van der Waals surface area contributed by atoms with Gasteiger partial charge in [-0.15, -0.1) is 24.0 Å². The van der Waals surface area contributed by atoms with E-state index < -0.39 is 0 Å². The van der Waals surface area contributed by atoms with E-state index in [-0.39, 0.29) is 36.4 Å². The van der Waals surface area contributed by atoms with Crippen molar-refractivity contribution < 1.29 is 9.53 Å². The van der Waals surface area contributed by atoms with Crippen LogP contribution in [0.15, 0.2) is 29.3 Å². The number of ether oxygens (including phenoxy) is 1. The van der Waals surface area contributed by atoms with Crippen LogP contribution in [0.2, 0.25) is 0 Å². The summed E-state index contributed by atoms with van der Waals surface area (Å²) < 4.78 is 6.02. The van der Waals surface area contributed by atoms with Crippen LogP contribution in [0.25, 0.3) is 0 Å². The van der Waals surface area contributed by atoms with E-state index in [9.17, 15) is 4.79 Å². The number of amides is 1. The number of likely N-dealkylation sites (tertiary alicyclic amines) is 1. The number of para-hydroxylation sites is 1. The number of likely N-dealkylation sites (N-methyl/N-ethyl adjacent to an activating group) is 2. The molecular weight excluding hydrogens is 505 g/mol. The first kappa shape index (κ1) is 25.7. The molecule has 1 amide bonds.